The van der Waals surface area contributed by atoms with Crippen LogP contribution in [0.15, 0.2) is 46.9 Å². The highest BCUT2D eigenvalue weighted by Crippen LogP contribution is 2.27. The first-order valence-electron chi connectivity index (χ1n) is 5.83. The second-order valence-electron chi connectivity index (χ2n) is 4.44. The summed E-state index contributed by atoms with van der Waals surface area (Å²) in [5.41, 5.74) is 9.32. The van der Waals surface area contributed by atoms with E-state index in [2.05, 4.69) is 22.0 Å². The highest BCUT2D eigenvalue weighted by Gasteiger charge is 2.13. The molecule has 0 amide bonds. The fourth-order valence-electron chi connectivity index (χ4n) is 2.01. The molecule has 0 radical (unpaired) electrons. The average Bonchev–Trinajstić information content (AvgIpc) is 2.32. The molecule has 0 heterocycles. The molecule has 0 bridgehead atoms. The van der Waals surface area contributed by atoms with Crippen LogP contribution in [0.3, 0.4) is 0 Å². The van der Waals surface area contributed by atoms with Crippen LogP contribution in [-0.4, -0.2) is 0 Å². The Morgan fingerprint density at radius 1 is 1.22 bits per heavy atom. The van der Waals surface area contributed by atoms with Gasteiger partial charge in [-0.2, -0.15) is 0 Å². The number of hydrogen-bond acceptors (Lipinski definition) is 1. The van der Waals surface area contributed by atoms with E-state index in [0.717, 1.165) is 5.56 Å². The van der Waals surface area contributed by atoms with Gasteiger partial charge in [-0.3, -0.25) is 0 Å². The van der Waals surface area contributed by atoms with Gasteiger partial charge in [-0.25, -0.2) is 4.39 Å². The van der Waals surface area contributed by atoms with Gasteiger partial charge in [0.2, 0.25) is 0 Å². The van der Waals surface area contributed by atoms with E-state index in [1.807, 2.05) is 31.2 Å². The van der Waals surface area contributed by atoms with Crippen molar-refractivity contribution in [1.82, 2.24) is 0 Å². The maximum absolute atomic E-state index is 13.4. The second-order valence-corrected chi connectivity index (χ2v) is 5.24. The lowest BCUT2D eigenvalue weighted by atomic mass is 9.98. The first kappa shape index (κ1) is 13.2. The van der Waals surface area contributed by atoms with Crippen molar-refractivity contribution in [3.8, 4) is 0 Å². The summed E-state index contributed by atoms with van der Waals surface area (Å²) in [6.07, 6.45) is 0.698. The molecule has 0 saturated carbocycles. The summed E-state index contributed by atoms with van der Waals surface area (Å²) in [4.78, 5) is 0. The maximum Gasteiger partial charge on any atom is 0.137 e. The van der Waals surface area contributed by atoms with E-state index in [9.17, 15) is 4.39 Å². The molecular weight excluding hydrogens is 293 g/mol. The van der Waals surface area contributed by atoms with Gasteiger partial charge in [-0.15, -0.1) is 0 Å². The van der Waals surface area contributed by atoms with Crippen LogP contribution in [0.5, 0.6) is 0 Å². The van der Waals surface area contributed by atoms with Gasteiger partial charge in [0, 0.05) is 6.04 Å². The third-order valence-electron chi connectivity index (χ3n) is 2.92. The van der Waals surface area contributed by atoms with Crippen LogP contribution in [-0.2, 0) is 6.42 Å². The molecule has 3 heteroatoms. The number of benzene rings is 2. The minimum atomic E-state index is -0.271. The van der Waals surface area contributed by atoms with E-state index >= 15 is 0 Å². The fraction of sp³-hybridized carbons (Fsp3) is 0.200. The number of nitrogens with two attached hydrogens (primary N) is 1. The summed E-state index contributed by atoms with van der Waals surface area (Å²) in [7, 11) is 0. The van der Waals surface area contributed by atoms with Gasteiger partial charge in [-0.05, 0) is 46.5 Å². The first-order valence-corrected chi connectivity index (χ1v) is 6.62. The Kier molecular flexibility index (Phi) is 4.15. The molecule has 0 saturated heterocycles. The lowest BCUT2D eigenvalue weighted by molar-refractivity contribution is 0.610. The molecule has 2 aromatic carbocycles. The lowest BCUT2D eigenvalue weighted by Crippen LogP contribution is -2.14. The zero-order chi connectivity index (χ0) is 13.1. The zero-order valence-corrected chi connectivity index (χ0v) is 11.7. The van der Waals surface area contributed by atoms with E-state index in [1.54, 1.807) is 6.07 Å². The molecule has 94 valence electrons. The molecule has 18 heavy (non-hydrogen) atoms. The quantitative estimate of drug-likeness (QED) is 0.906. The van der Waals surface area contributed by atoms with Crippen LogP contribution in [0.4, 0.5) is 4.39 Å². The smallest absolute Gasteiger partial charge is 0.137 e. The Hall–Kier alpha value is -1.19. The molecule has 0 aliphatic carbocycles. The van der Waals surface area contributed by atoms with Crippen molar-refractivity contribution in [3.63, 3.8) is 0 Å². The highest BCUT2D eigenvalue weighted by molar-refractivity contribution is 9.10. The monoisotopic (exact) mass is 307 g/mol. The first-order chi connectivity index (χ1) is 8.58. The van der Waals surface area contributed by atoms with Crippen LogP contribution in [0, 0.1) is 12.7 Å². The van der Waals surface area contributed by atoms with E-state index in [0.29, 0.717) is 10.9 Å². The van der Waals surface area contributed by atoms with Crippen LogP contribution >= 0.6 is 15.9 Å². The Morgan fingerprint density at radius 2 is 1.94 bits per heavy atom. The van der Waals surface area contributed by atoms with E-state index in [4.69, 9.17) is 5.73 Å². The summed E-state index contributed by atoms with van der Waals surface area (Å²) < 4.78 is 13.9. The van der Waals surface area contributed by atoms with E-state index in [1.165, 1.54) is 17.2 Å². The Labute approximate surface area is 115 Å². The second kappa shape index (κ2) is 5.63. The predicted octanol–water partition coefficient (Wildman–Crippen LogP) is 4.14. The van der Waals surface area contributed by atoms with Gasteiger partial charge in [0.15, 0.2) is 0 Å². The van der Waals surface area contributed by atoms with Crippen molar-refractivity contribution in [3.05, 3.63) is 69.4 Å². The van der Waals surface area contributed by atoms with Crippen molar-refractivity contribution in [2.24, 2.45) is 5.73 Å². The molecule has 0 aliphatic heterocycles. The minimum absolute atomic E-state index is 0.211. The number of hydrogen-bond donors (Lipinski definition) is 1. The molecule has 0 fully saturated rings. The molecule has 1 atom stereocenters. The fourth-order valence-corrected chi connectivity index (χ4v) is 2.57. The van der Waals surface area contributed by atoms with Gasteiger partial charge < -0.3 is 5.73 Å². The standard InChI is InChI=1S/C15H15BrFN/c1-10-4-2-5-11(8-10)9-14(18)12-6-3-7-13(17)15(12)16/h2-8,14H,9,18H2,1H3. The molecule has 2 aromatic rings. The van der Waals surface area contributed by atoms with E-state index < -0.39 is 0 Å². The van der Waals surface area contributed by atoms with Crippen molar-refractivity contribution >= 4 is 15.9 Å². The molecule has 1 unspecified atom stereocenters. The normalized spacial score (nSPS) is 12.4. The van der Waals surface area contributed by atoms with Crippen LogP contribution in [0.1, 0.15) is 22.7 Å². The number of halogens is 2. The summed E-state index contributed by atoms with van der Waals surface area (Å²) in [6.45, 7) is 2.05. The Bertz CT molecular complexity index is 554. The average molecular weight is 308 g/mol. The Morgan fingerprint density at radius 3 is 2.67 bits per heavy atom. The summed E-state index contributed by atoms with van der Waals surface area (Å²) in [5, 5.41) is 0. The van der Waals surface area contributed by atoms with Crippen LogP contribution < -0.4 is 5.73 Å². The Balaban J connectivity index is 2.22. The molecule has 0 aromatic heterocycles. The molecule has 2 N–H and O–H groups in total. The van der Waals surface area contributed by atoms with Crippen molar-refractivity contribution in [2.75, 3.05) is 0 Å². The maximum atomic E-state index is 13.4. The number of aryl methyl sites for hydroxylation is 1. The van der Waals surface area contributed by atoms with Gasteiger partial charge >= 0.3 is 0 Å². The van der Waals surface area contributed by atoms with Gasteiger partial charge in [0.25, 0.3) is 0 Å². The molecular formula is C15H15BrFN. The third kappa shape index (κ3) is 2.98. The van der Waals surface area contributed by atoms with Gasteiger partial charge in [-0.1, -0.05) is 42.0 Å². The summed E-state index contributed by atoms with van der Waals surface area (Å²) >= 11 is 3.25. The van der Waals surface area contributed by atoms with Crippen molar-refractivity contribution < 1.29 is 4.39 Å². The topological polar surface area (TPSA) is 26.0 Å². The molecule has 1 nitrogen and oxygen atoms in total. The van der Waals surface area contributed by atoms with Crippen molar-refractivity contribution in [1.29, 1.82) is 0 Å². The molecule has 2 rings (SSSR count). The van der Waals surface area contributed by atoms with Crippen LogP contribution in [0.2, 0.25) is 0 Å². The van der Waals surface area contributed by atoms with Gasteiger partial charge in [0.1, 0.15) is 5.82 Å². The summed E-state index contributed by atoms with van der Waals surface area (Å²) in [6, 6.07) is 13.0. The van der Waals surface area contributed by atoms with Crippen LogP contribution in [0.25, 0.3) is 0 Å². The molecule has 0 spiro atoms. The minimum Gasteiger partial charge on any atom is -0.324 e. The largest absolute Gasteiger partial charge is 0.324 e. The van der Waals surface area contributed by atoms with E-state index in [-0.39, 0.29) is 11.9 Å². The SMILES string of the molecule is Cc1cccc(CC(N)c2cccc(F)c2Br)c1. The predicted molar refractivity (Wildman–Crippen MR) is 75.9 cm³/mol. The zero-order valence-electron chi connectivity index (χ0n) is 10.2. The summed E-state index contributed by atoms with van der Waals surface area (Å²) in [5.74, 6) is -0.271. The molecule has 0 aliphatic rings. The number of rotatable bonds is 3. The van der Waals surface area contributed by atoms with Crippen molar-refractivity contribution in [2.45, 2.75) is 19.4 Å². The van der Waals surface area contributed by atoms with Gasteiger partial charge in [0.05, 0.1) is 4.47 Å². The highest BCUT2D eigenvalue weighted by atomic mass is 79.9. The lowest BCUT2D eigenvalue weighted by Gasteiger charge is -2.14. The third-order valence-corrected chi connectivity index (χ3v) is 3.76.